The quantitative estimate of drug-likeness (QED) is 0.665. The number of nitrogens with one attached hydrogen (secondary N) is 1. The normalized spacial score (nSPS) is 15.7. The van der Waals surface area contributed by atoms with Gasteiger partial charge in [-0.3, -0.25) is 14.0 Å². The molecule has 6 nitrogen and oxygen atoms in total. The van der Waals surface area contributed by atoms with Crippen LogP contribution in [0, 0.1) is 0 Å². The molecule has 30 heavy (non-hydrogen) atoms. The van der Waals surface area contributed by atoms with E-state index in [2.05, 4.69) is 22.3 Å². The van der Waals surface area contributed by atoms with Crippen molar-refractivity contribution in [2.75, 3.05) is 23.7 Å². The van der Waals surface area contributed by atoms with Crippen LogP contribution >= 0.6 is 0 Å². The van der Waals surface area contributed by atoms with Crippen LogP contribution in [-0.2, 0) is 27.9 Å². The van der Waals surface area contributed by atoms with Gasteiger partial charge in [-0.15, -0.1) is 0 Å². The average molecular weight is 430 g/mol. The number of para-hydroxylation sites is 1. The lowest BCUT2D eigenvalue weighted by Crippen LogP contribution is -2.49. The highest BCUT2D eigenvalue weighted by Crippen LogP contribution is 2.22. The van der Waals surface area contributed by atoms with Gasteiger partial charge in [0.1, 0.15) is 6.04 Å². The number of hydrogen-bond donors (Lipinski definition) is 1. The first kappa shape index (κ1) is 22.3. The van der Waals surface area contributed by atoms with Crippen LogP contribution in [0.15, 0.2) is 54.6 Å². The van der Waals surface area contributed by atoms with E-state index in [9.17, 15) is 13.2 Å². The maximum atomic E-state index is 12.9. The molecule has 2 aromatic carbocycles. The highest BCUT2D eigenvalue weighted by molar-refractivity contribution is 7.92. The first-order valence-corrected chi connectivity index (χ1v) is 12.4. The first-order chi connectivity index (χ1) is 14.4. The van der Waals surface area contributed by atoms with E-state index in [1.54, 1.807) is 24.3 Å². The molecule has 0 spiro atoms. The molecule has 1 saturated heterocycles. The molecule has 1 amide bonds. The molecular weight excluding hydrogens is 398 g/mol. The molecule has 0 aliphatic carbocycles. The van der Waals surface area contributed by atoms with E-state index in [0.717, 1.165) is 31.5 Å². The van der Waals surface area contributed by atoms with Crippen LogP contribution in [0.4, 0.5) is 5.69 Å². The van der Waals surface area contributed by atoms with Crippen molar-refractivity contribution < 1.29 is 13.2 Å². The Hall–Kier alpha value is -2.38. The molecule has 1 aliphatic rings. The van der Waals surface area contributed by atoms with Gasteiger partial charge in [-0.05, 0) is 55.6 Å². The average Bonchev–Trinajstić information content (AvgIpc) is 3.24. The second kappa shape index (κ2) is 10.1. The van der Waals surface area contributed by atoms with Crippen LogP contribution in [0.5, 0.6) is 0 Å². The SMILES string of the molecule is CCC(C(=O)NCc1ccc(CN2CCCC2)cc1)N(c1ccccc1)S(C)(=O)=O. The van der Waals surface area contributed by atoms with E-state index in [-0.39, 0.29) is 5.91 Å². The number of likely N-dealkylation sites (tertiary alicyclic amines) is 1. The molecule has 0 bridgehead atoms. The van der Waals surface area contributed by atoms with E-state index in [0.29, 0.717) is 18.7 Å². The van der Waals surface area contributed by atoms with Crippen molar-refractivity contribution in [3.8, 4) is 0 Å². The number of carbonyl (C=O) groups excluding carboxylic acids is 1. The maximum Gasteiger partial charge on any atom is 0.244 e. The fourth-order valence-corrected chi connectivity index (χ4v) is 5.12. The van der Waals surface area contributed by atoms with Crippen molar-refractivity contribution in [3.05, 3.63) is 65.7 Å². The molecule has 1 N–H and O–H groups in total. The topological polar surface area (TPSA) is 69.7 Å². The lowest BCUT2D eigenvalue weighted by Gasteiger charge is -2.30. The van der Waals surface area contributed by atoms with Gasteiger partial charge < -0.3 is 5.32 Å². The number of nitrogens with zero attached hydrogens (tertiary/aromatic N) is 2. The van der Waals surface area contributed by atoms with Crippen molar-refractivity contribution in [1.29, 1.82) is 0 Å². The number of sulfonamides is 1. The molecule has 1 fully saturated rings. The van der Waals surface area contributed by atoms with E-state index < -0.39 is 16.1 Å². The third-order valence-corrected chi connectivity index (χ3v) is 6.61. The lowest BCUT2D eigenvalue weighted by atomic mass is 10.1. The fourth-order valence-electron chi connectivity index (χ4n) is 3.90. The van der Waals surface area contributed by atoms with Gasteiger partial charge in [-0.1, -0.05) is 49.4 Å². The Bertz CT molecular complexity index is 924. The Morgan fingerprint density at radius 2 is 1.63 bits per heavy atom. The summed E-state index contributed by atoms with van der Waals surface area (Å²) < 4.78 is 26.1. The Labute approximate surface area is 179 Å². The van der Waals surface area contributed by atoms with Gasteiger partial charge in [0.25, 0.3) is 0 Å². The van der Waals surface area contributed by atoms with Crippen LogP contribution < -0.4 is 9.62 Å². The second-order valence-electron chi connectivity index (χ2n) is 7.84. The van der Waals surface area contributed by atoms with Gasteiger partial charge in [0.15, 0.2) is 0 Å². The molecule has 2 aromatic rings. The van der Waals surface area contributed by atoms with E-state index >= 15 is 0 Å². The Morgan fingerprint density at radius 3 is 2.20 bits per heavy atom. The summed E-state index contributed by atoms with van der Waals surface area (Å²) in [5.41, 5.74) is 2.76. The number of carbonyl (C=O) groups is 1. The molecule has 1 unspecified atom stereocenters. The Morgan fingerprint density at radius 1 is 1.03 bits per heavy atom. The van der Waals surface area contributed by atoms with Crippen molar-refractivity contribution in [3.63, 3.8) is 0 Å². The van der Waals surface area contributed by atoms with Gasteiger partial charge in [0, 0.05) is 13.1 Å². The molecule has 1 atom stereocenters. The van der Waals surface area contributed by atoms with Gasteiger partial charge in [-0.25, -0.2) is 8.42 Å². The Kier molecular flexibility index (Phi) is 7.50. The third-order valence-electron chi connectivity index (χ3n) is 5.43. The summed E-state index contributed by atoms with van der Waals surface area (Å²) in [6.45, 7) is 5.47. The minimum atomic E-state index is -3.61. The van der Waals surface area contributed by atoms with Crippen LogP contribution in [0.3, 0.4) is 0 Å². The number of hydrogen-bond acceptors (Lipinski definition) is 4. The summed E-state index contributed by atoms with van der Waals surface area (Å²) in [5, 5.41) is 2.91. The van der Waals surface area contributed by atoms with Crippen LogP contribution in [0.1, 0.15) is 37.3 Å². The Balaban J connectivity index is 1.64. The summed E-state index contributed by atoms with van der Waals surface area (Å²) >= 11 is 0. The molecule has 1 heterocycles. The number of rotatable bonds is 9. The van der Waals surface area contributed by atoms with Gasteiger partial charge in [-0.2, -0.15) is 0 Å². The summed E-state index contributed by atoms with van der Waals surface area (Å²) in [7, 11) is -3.61. The summed E-state index contributed by atoms with van der Waals surface area (Å²) in [5.74, 6) is -0.298. The zero-order valence-electron chi connectivity index (χ0n) is 17.8. The van der Waals surface area contributed by atoms with Crippen molar-refractivity contribution in [2.24, 2.45) is 0 Å². The summed E-state index contributed by atoms with van der Waals surface area (Å²) in [6, 6.07) is 16.2. The minimum absolute atomic E-state index is 0.298. The summed E-state index contributed by atoms with van der Waals surface area (Å²) in [4.78, 5) is 15.3. The van der Waals surface area contributed by atoms with Crippen molar-refractivity contribution in [1.82, 2.24) is 10.2 Å². The maximum absolute atomic E-state index is 12.9. The van der Waals surface area contributed by atoms with Crippen molar-refractivity contribution >= 4 is 21.6 Å². The van der Waals surface area contributed by atoms with Gasteiger partial charge >= 0.3 is 0 Å². The highest BCUT2D eigenvalue weighted by atomic mass is 32.2. The first-order valence-electron chi connectivity index (χ1n) is 10.5. The number of amides is 1. The van der Waals surface area contributed by atoms with Gasteiger partial charge in [0.05, 0.1) is 11.9 Å². The molecule has 0 radical (unpaired) electrons. The highest BCUT2D eigenvalue weighted by Gasteiger charge is 2.31. The molecule has 162 valence electrons. The van der Waals surface area contributed by atoms with Crippen molar-refractivity contribution in [2.45, 2.75) is 45.3 Å². The zero-order chi connectivity index (χ0) is 21.6. The molecular formula is C23H31N3O3S. The molecule has 0 aromatic heterocycles. The second-order valence-corrected chi connectivity index (χ2v) is 9.70. The minimum Gasteiger partial charge on any atom is -0.350 e. The molecule has 0 saturated carbocycles. The molecule has 7 heteroatoms. The number of benzene rings is 2. The van der Waals surface area contributed by atoms with Crippen LogP contribution in [-0.4, -0.2) is 44.6 Å². The standard InChI is InChI=1S/C23H31N3O3S/c1-3-22(26(30(2,28)29)21-9-5-4-6-10-21)23(27)24-17-19-11-13-20(14-12-19)18-25-15-7-8-16-25/h4-6,9-14,22H,3,7-8,15-18H2,1-2H3,(H,24,27). The predicted octanol–water partition coefficient (Wildman–Crippen LogP) is 3.14. The fraction of sp³-hybridized carbons (Fsp3) is 0.435. The van der Waals surface area contributed by atoms with Gasteiger partial charge in [0.2, 0.25) is 15.9 Å². The van der Waals surface area contributed by atoms with Crippen LogP contribution in [0.25, 0.3) is 0 Å². The third kappa shape index (κ3) is 5.83. The molecule has 3 rings (SSSR count). The predicted molar refractivity (Wildman–Crippen MR) is 121 cm³/mol. The largest absolute Gasteiger partial charge is 0.350 e. The smallest absolute Gasteiger partial charge is 0.244 e. The summed E-state index contributed by atoms with van der Waals surface area (Å²) in [6.07, 6.45) is 4.06. The number of anilines is 1. The lowest BCUT2D eigenvalue weighted by molar-refractivity contribution is -0.122. The molecule has 1 aliphatic heterocycles. The zero-order valence-corrected chi connectivity index (χ0v) is 18.6. The van der Waals surface area contributed by atoms with E-state index in [1.807, 2.05) is 25.1 Å². The van der Waals surface area contributed by atoms with Crippen LogP contribution in [0.2, 0.25) is 0 Å². The van der Waals surface area contributed by atoms with E-state index in [1.165, 1.54) is 22.7 Å². The van der Waals surface area contributed by atoms with E-state index in [4.69, 9.17) is 0 Å². The monoisotopic (exact) mass is 429 g/mol.